The predicted molar refractivity (Wildman–Crippen MR) is 171 cm³/mol. The second-order valence-corrected chi connectivity index (χ2v) is 15.8. The van der Waals surface area contributed by atoms with Gasteiger partial charge in [-0.15, -0.1) is 11.3 Å². The number of likely N-dealkylation sites (tertiary alicyclic amines) is 1. The number of hydrogen-bond donors (Lipinski definition) is 7. The monoisotopic (exact) mass is 659 g/mol. The minimum atomic E-state index is -3.61. The van der Waals surface area contributed by atoms with E-state index in [0.29, 0.717) is 30.7 Å². The van der Waals surface area contributed by atoms with Crippen molar-refractivity contribution in [2.75, 3.05) is 19.6 Å². The molecule has 0 aromatic carbocycles. The topological polar surface area (TPSA) is 175 Å². The number of amides is 2. The molecule has 0 aliphatic carbocycles. The molecule has 0 saturated carbocycles. The Morgan fingerprint density at radius 1 is 1.16 bits per heavy atom. The molecule has 0 radical (unpaired) electrons. The van der Waals surface area contributed by atoms with Crippen LogP contribution in [0.15, 0.2) is 28.5 Å². The molecule has 2 aliphatic heterocycles. The Labute approximate surface area is 266 Å². The fourth-order valence-corrected chi connectivity index (χ4v) is 8.59. The van der Waals surface area contributed by atoms with Crippen LogP contribution in [0.1, 0.15) is 83.9 Å². The van der Waals surface area contributed by atoms with Gasteiger partial charge in [-0.25, -0.2) is 13.2 Å². The second-order valence-electron chi connectivity index (χ2n) is 12.9. The Kier molecular flexibility index (Phi) is 14.1. The van der Waals surface area contributed by atoms with Crippen molar-refractivity contribution >= 4 is 27.4 Å². The number of sulfonamides is 1. The fourth-order valence-electron chi connectivity index (χ4n) is 5.67. The van der Waals surface area contributed by atoms with Gasteiger partial charge in [-0.3, -0.25) is 10.2 Å². The van der Waals surface area contributed by atoms with Gasteiger partial charge >= 0.3 is 6.03 Å². The van der Waals surface area contributed by atoms with Crippen LogP contribution in [0.25, 0.3) is 0 Å². The van der Waals surface area contributed by atoms with Gasteiger partial charge < -0.3 is 31.1 Å². The zero-order chi connectivity index (χ0) is 32.5. The summed E-state index contributed by atoms with van der Waals surface area (Å²) < 4.78 is 27.3. The SMILES string of the molecule is CCCCC/C=C\CC[C@H](NC(O)[C@@H]1CCCN1C(O)CNC(=O)NC(CN1Cc2sccc2S1(=O)=O)C(C)(C)C)C(O)O. The molecule has 1 saturated heterocycles. The Hall–Kier alpha value is -1.62. The molecule has 44 heavy (non-hydrogen) atoms. The lowest BCUT2D eigenvalue weighted by molar-refractivity contribution is -0.0956. The average Bonchev–Trinajstić information content (AvgIpc) is 3.68. The first-order valence-electron chi connectivity index (χ1n) is 15.8. The van der Waals surface area contributed by atoms with Crippen molar-refractivity contribution < 1.29 is 33.6 Å². The van der Waals surface area contributed by atoms with Crippen molar-refractivity contribution in [3.05, 3.63) is 28.5 Å². The van der Waals surface area contributed by atoms with Crippen molar-refractivity contribution in [1.29, 1.82) is 0 Å². The first-order chi connectivity index (χ1) is 20.8. The lowest BCUT2D eigenvalue weighted by atomic mass is 9.86. The number of hydrogen-bond acceptors (Lipinski definition) is 10. The molecule has 1 aromatic rings. The van der Waals surface area contributed by atoms with E-state index in [0.717, 1.165) is 30.6 Å². The van der Waals surface area contributed by atoms with E-state index in [1.54, 1.807) is 16.3 Å². The summed E-state index contributed by atoms with van der Waals surface area (Å²) in [5.41, 5.74) is -0.448. The van der Waals surface area contributed by atoms with Crippen LogP contribution in [0.5, 0.6) is 0 Å². The van der Waals surface area contributed by atoms with E-state index >= 15 is 0 Å². The van der Waals surface area contributed by atoms with Crippen molar-refractivity contribution in [3.8, 4) is 0 Å². The summed E-state index contributed by atoms with van der Waals surface area (Å²) in [6, 6.07) is -0.641. The van der Waals surface area contributed by atoms with Crippen LogP contribution < -0.4 is 16.0 Å². The van der Waals surface area contributed by atoms with Gasteiger partial charge in [0, 0.05) is 30.6 Å². The van der Waals surface area contributed by atoms with E-state index in [4.69, 9.17) is 0 Å². The highest BCUT2D eigenvalue weighted by Gasteiger charge is 2.40. The first kappa shape index (κ1) is 36.8. The quantitative estimate of drug-likeness (QED) is 0.0752. The maximum Gasteiger partial charge on any atom is 0.315 e. The van der Waals surface area contributed by atoms with Crippen molar-refractivity contribution in [2.45, 2.75) is 127 Å². The molecular weight excluding hydrogens is 606 g/mol. The first-order valence-corrected chi connectivity index (χ1v) is 18.1. The molecule has 14 heteroatoms. The summed E-state index contributed by atoms with van der Waals surface area (Å²) in [4.78, 5) is 15.7. The molecule has 1 aromatic heterocycles. The number of nitrogens with zero attached hydrogens (tertiary/aromatic N) is 2. The lowest BCUT2D eigenvalue weighted by Gasteiger charge is -2.36. The number of unbranched alkanes of at least 4 members (excludes halogenated alkanes) is 3. The molecule has 3 unspecified atom stereocenters. The molecule has 12 nitrogen and oxygen atoms in total. The van der Waals surface area contributed by atoms with Gasteiger partial charge in [-0.1, -0.05) is 52.7 Å². The number of allylic oxidation sites excluding steroid dienone is 2. The van der Waals surface area contributed by atoms with E-state index in [2.05, 4.69) is 29.0 Å². The number of aliphatic hydroxyl groups excluding tert-OH is 3. The van der Waals surface area contributed by atoms with E-state index in [1.165, 1.54) is 22.1 Å². The molecule has 3 rings (SSSR count). The maximum atomic E-state index is 13.0. The maximum absolute atomic E-state index is 13.0. The molecule has 5 atom stereocenters. The molecule has 1 fully saturated rings. The summed E-state index contributed by atoms with van der Waals surface area (Å²) in [6.45, 7) is 8.71. The van der Waals surface area contributed by atoms with Crippen LogP contribution in [0.2, 0.25) is 0 Å². The van der Waals surface area contributed by atoms with Crippen LogP contribution in [0.3, 0.4) is 0 Å². The number of fused-ring (bicyclic) bond motifs is 1. The minimum Gasteiger partial charge on any atom is -0.377 e. The smallest absolute Gasteiger partial charge is 0.315 e. The molecular formula is C30H53N5O7S2. The Bertz CT molecular complexity index is 1170. The van der Waals surface area contributed by atoms with Gasteiger partial charge in [0.1, 0.15) is 12.5 Å². The van der Waals surface area contributed by atoms with E-state index < -0.39 is 58.3 Å². The normalized spacial score (nSPS) is 21.9. The standard InChI is InChI=1S/C30H53N5O7S2/c1-5-6-7-8-9-10-11-13-21(28(38)39)32-27(37)22-14-12-16-35(22)26(36)18-31-29(40)33-25(30(2,3)4)20-34-19-23-24(15-17-43-23)44(34,41)42/h9-10,15,17,21-22,25-28,32,36-39H,5-8,11-14,16,18-20H2,1-4H3,(H2,31,33,40)/b10-9-/t21-,22-,25?,26?,27?/m0/s1. The van der Waals surface area contributed by atoms with Gasteiger partial charge in [0.2, 0.25) is 10.0 Å². The molecule has 7 N–H and O–H groups in total. The number of carbonyl (C=O) groups is 1. The van der Waals surface area contributed by atoms with Crippen LogP contribution in [-0.4, -0.2) is 101 Å². The average molecular weight is 660 g/mol. The number of urea groups is 1. The lowest BCUT2D eigenvalue weighted by Crippen LogP contribution is -2.58. The predicted octanol–water partition coefficient (Wildman–Crippen LogP) is 2.25. The van der Waals surface area contributed by atoms with Crippen molar-refractivity contribution in [2.24, 2.45) is 5.41 Å². The molecule has 252 valence electrons. The van der Waals surface area contributed by atoms with Crippen LogP contribution >= 0.6 is 11.3 Å². The van der Waals surface area contributed by atoms with Gasteiger partial charge in [0.25, 0.3) is 0 Å². The van der Waals surface area contributed by atoms with Gasteiger partial charge in [0.15, 0.2) is 6.29 Å². The molecule has 0 spiro atoms. The highest BCUT2D eigenvalue weighted by atomic mass is 32.2. The van der Waals surface area contributed by atoms with Crippen LogP contribution in [0.4, 0.5) is 4.79 Å². The summed E-state index contributed by atoms with van der Waals surface area (Å²) >= 11 is 1.40. The van der Waals surface area contributed by atoms with E-state index in [9.17, 15) is 33.6 Å². The zero-order valence-electron chi connectivity index (χ0n) is 26.5. The fraction of sp³-hybridized carbons (Fsp3) is 0.767. The summed E-state index contributed by atoms with van der Waals surface area (Å²) in [5, 5.41) is 51.9. The third-order valence-corrected chi connectivity index (χ3v) is 11.4. The van der Waals surface area contributed by atoms with Gasteiger partial charge in [0.05, 0.1) is 23.5 Å². The number of aliphatic hydroxyl groups is 4. The Balaban J connectivity index is 1.49. The molecule has 3 heterocycles. The zero-order valence-corrected chi connectivity index (χ0v) is 28.1. The highest BCUT2D eigenvalue weighted by Crippen LogP contribution is 2.35. The Morgan fingerprint density at radius 3 is 2.55 bits per heavy atom. The van der Waals surface area contributed by atoms with Crippen LogP contribution in [0, 0.1) is 5.41 Å². The summed E-state index contributed by atoms with van der Waals surface area (Å²) in [7, 11) is -3.61. The van der Waals surface area contributed by atoms with E-state index in [-0.39, 0.29) is 19.6 Å². The number of carbonyl (C=O) groups excluding carboxylic acids is 1. The third-order valence-electron chi connectivity index (χ3n) is 8.44. The van der Waals surface area contributed by atoms with Gasteiger partial charge in [-0.2, -0.15) is 4.31 Å². The third kappa shape index (κ3) is 10.2. The number of nitrogens with one attached hydrogen (secondary N) is 3. The Morgan fingerprint density at radius 2 is 1.89 bits per heavy atom. The summed E-state index contributed by atoms with van der Waals surface area (Å²) in [5.74, 6) is 0. The number of rotatable bonds is 17. The van der Waals surface area contributed by atoms with Gasteiger partial charge in [-0.05, 0) is 55.4 Å². The van der Waals surface area contributed by atoms with E-state index in [1.807, 2.05) is 26.8 Å². The molecule has 0 bridgehead atoms. The highest BCUT2D eigenvalue weighted by molar-refractivity contribution is 7.89. The largest absolute Gasteiger partial charge is 0.377 e. The summed E-state index contributed by atoms with van der Waals surface area (Å²) in [6.07, 6.45) is 7.11. The van der Waals surface area contributed by atoms with Crippen molar-refractivity contribution in [1.82, 2.24) is 25.2 Å². The number of thiophene rings is 1. The molecule has 2 amide bonds. The minimum absolute atomic E-state index is 0.111. The van der Waals surface area contributed by atoms with Crippen LogP contribution in [-0.2, 0) is 16.6 Å². The second kappa shape index (κ2) is 16.8. The molecule has 2 aliphatic rings. The van der Waals surface area contributed by atoms with Crippen molar-refractivity contribution in [3.63, 3.8) is 0 Å².